The summed E-state index contributed by atoms with van der Waals surface area (Å²) in [5, 5.41) is 0. The maximum absolute atomic E-state index is 6.80. The van der Waals surface area contributed by atoms with E-state index in [4.69, 9.17) is 5.73 Å². The van der Waals surface area contributed by atoms with Crippen molar-refractivity contribution in [2.75, 3.05) is 13.1 Å². The number of piperidine rings is 1. The number of hydrogen-bond donors (Lipinski definition) is 1. The monoisotopic (exact) mass is 244 g/mol. The van der Waals surface area contributed by atoms with Crippen LogP contribution in [0, 0.1) is 0 Å². The SMILES string of the molecule is CCC1(N)c2ccccc2CC1N1CCCCC1. The lowest BCUT2D eigenvalue weighted by Gasteiger charge is -2.41. The quantitative estimate of drug-likeness (QED) is 0.866. The number of rotatable bonds is 2. The molecule has 1 heterocycles. The fourth-order valence-corrected chi connectivity index (χ4v) is 3.83. The molecule has 18 heavy (non-hydrogen) atoms. The number of hydrogen-bond acceptors (Lipinski definition) is 2. The van der Waals surface area contributed by atoms with Crippen molar-refractivity contribution in [1.29, 1.82) is 0 Å². The van der Waals surface area contributed by atoms with Crippen molar-refractivity contribution in [3.8, 4) is 0 Å². The molecule has 98 valence electrons. The molecule has 0 radical (unpaired) electrons. The van der Waals surface area contributed by atoms with Crippen molar-refractivity contribution in [2.45, 2.75) is 50.6 Å². The molecule has 2 aliphatic rings. The van der Waals surface area contributed by atoms with Gasteiger partial charge in [0.1, 0.15) is 0 Å². The van der Waals surface area contributed by atoms with E-state index in [1.165, 1.54) is 43.5 Å². The van der Waals surface area contributed by atoms with E-state index < -0.39 is 0 Å². The summed E-state index contributed by atoms with van der Waals surface area (Å²) in [6, 6.07) is 9.29. The Hall–Kier alpha value is -0.860. The smallest absolute Gasteiger partial charge is 0.0570 e. The summed E-state index contributed by atoms with van der Waals surface area (Å²) in [7, 11) is 0. The van der Waals surface area contributed by atoms with Gasteiger partial charge < -0.3 is 5.73 Å². The van der Waals surface area contributed by atoms with Crippen molar-refractivity contribution < 1.29 is 0 Å². The van der Waals surface area contributed by atoms with Crippen molar-refractivity contribution in [1.82, 2.24) is 4.90 Å². The summed E-state index contributed by atoms with van der Waals surface area (Å²) in [6.07, 6.45) is 6.24. The van der Waals surface area contributed by atoms with E-state index in [0.29, 0.717) is 6.04 Å². The highest BCUT2D eigenvalue weighted by Crippen LogP contribution is 2.40. The minimum absolute atomic E-state index is 0.131. The van der Waals surface area contributed by atoms with Gasteiger partial charge >= 0.3 is 0 Å². The van der Waals surface area contributed by atoms with E-state index in [9.17, 15) is 0 Å². The third-order valence-corrected chi connectivity index (χ3v) is 4.94. The molecule has 0 amide bonds. The number of fused-ring (bicyclic) bond motifs is 1. The zero-order valence-corrected chi connectivity index (χ0v) is 11.4. The van der Waals surface area contributed by atoms with Gasteiger partial charge in [-0.2, -0.15) is 0 Å². The number of benzene rings is 1. The molecular weight excluding hydrogens is 220 g/mol. The van der Waals surface area contributed by atoms with Crippen molar-refractivity contribution in [3.05, 3.63) is 35.4 Å². The molecule has 0 saturated carbocycles. The highest BCUT2D eigenvalue weighted by molar-refractivity contribution is 5.41. The van der Waals surface area contributed by atoms with Crippen LogP contribution >= 0.6 is 0 Å². The molecular formula is C16H24N2. The second-order valence-electron chi connectivity index (χ2n) is 5.87. The van der Waals surface area contributed by atoms with E-state index >= 15 is 0 Å². The summed E-state index contributed by atoms with van der Waals surface area (Å²) in [6.45, 7) is 4.70. The van der Waals surface area contributed by atoms with E-state index in [0.717, 1.165) is 12.8 Å². The van der Waals surface area contributed by atoms with Crippen LogP contribution in [0.4, 0.5) is 0 Å². The predicted molar refractivity (Wildman–Crippen MR) is 75.5 cm³/mol. The van der Waals surface area contributed by atoms with Crippen LogP contribution in [0.3, 0.4) is 0 Å². The molecule has 1 saturated heterocycles. The third-order valence-electron chi connectivity index (χ3n) is 4.94. The lowest BCUT2D eigenvalue weighted by molar-refractivity contribution is 0.105. The second-order valence-corrected chi connectivity index (χ2v) is 5.87. The lowest BCUT2D eigenvalue weighted by Crippen LogP contribution is -2.54. The van der Waals surface area contributed by atoms with Crippen LogP contribution in [0.1, 0.15) is 43.7 Å². The largest absolute Gasteiger partial charge is 0.320 e. The molecule has 0 bridgehead atoms. The van der Waals surface area contributed by atoms with Gasteiger partial charge in [-0.3, -0.25) is 4.90 Å². The average Bonchev–Trinajstić information content (AvgIpc) is 2.74. The molecule has 2 unspecified atom stereocenters. The minimum Gasteiger partial charge on any atom is -0.320 e. The molecule has 0 spiro atoms. The first-order valence-corrected chi connectivity index (χ1v) is 7.37. The Kier molecular flexibility index (Phi) is 3.16. The summed E-state index contributed by atoms with van der Waals surface area (Å²) >= 11 is 0. The van der Waals surface area contributed by atoms with Gasteiger partial charge in [0.2, 0.25) is 0 Å². The summed E-state index contributed by atoms with van der Waals surface area (Å²) in [5.41, 5.74) is 9.53. The average molecular weight is 244 g/mol. The van der Waals surface area contributed by atoms with Gasteiger partial charge in [0.05, 0.1) is 5.54 Å². The zero-order chi connectivity index (χ0) is 12.6. The second kappa shape index (κ2) is 4.67. The van der Waals surface area contributed by atoms with E-state index in [-0.39, 0.29) is 5.54 Å². The first-order chi connectivity index (χ1) is 8.75. The van der Waals surface area contributed by atoms with Crippen molar-refractivity contribution in [3.63, 3.8) is 0 Å². The van der Waals surface area contributed by atoms with Crippen LogP contribution in [0.2, 0.25) is 0 Å². The lowest BCUT2D eigenvalue weighted by atomic mass is 9.85. The van der Waals surface area contributed by atoms with Gasteiger partial charge in [0.15, 0.2) is 0 Å². The van der Waals surface area contributed by atoms with Crippen LogP contribution in [-0.4, -0.2) is 24.0 Å². The molecule has 1 aromatic rings. The molecule has 0 aromatic heterocycles. The molecule has 2 nitrogen and oxygen atoms in total. The Balaban J connectivity index is 1.93. The topological polar surface area (TPSA) is 29.3 Å². The molecule has 1 aliphatic heterocycles. The van der Waals surface area contributed by atoms with Gasteiger partial charge in [-0.15, -0.1) is 0 Å². The zero-order valence-electron chi connectivity index (χ0n) is 11.4. The summed E-state index contributed by atoms with van der Waals surface area (Å²) in [5.74, 6) is 0. The number of nitrogens with two attached hydrogens (primary N) is 1. The van der Waals surface area contributed by atoms with Crippen LogP contribution in [0.25, 0.3) is 0 Å². The molecule has 3 rings (SSSR count). The molecule has 2 atom stereocenters. The Labute approximate surface area is 110 Å². The van der Waals surface area contributed by atoms with Crippen molar-refractivity contribution >= 4 is 0 Å². The predicted octanol–water partition coefficient (Wildman–Crippen LogP) is 2.66. The first-order valence-electron chi connectivity index (χ1n) is 7.37. The minimum atomic E-state index is -0.131. The standard InChI is InChI=1S/C16H24N2/c1-2-16(17)14-9-5-4-8-13(14)12-15(16)18-10-6-3-7-11-18/h4-5,8-9,15H,2-3,6-7,10-12,17H2,1H3. The van der Waals surface area contributed by atoms with Crippen molar-refractivity contribution in [2.24, 2.45) is 5.73 Å². The van der Waals surface area contributed by atoms with Gasteiger partial charge in [-0.1, -0.05) is 37.6 Å². The fraction of sp³-hybridized carbons (Fsp3) is 0.625. The van der Waals surface area contributed by atoms with Gasteiger partial charge in [0.25, 0.3) is 0 Å². The maximum Gasteiger partial charge on any atom is 0.0570 e. The summed E-state index contributed by atoms with van der Waals surface area (Å²) < 4.78 is 0. The van der Waals surface area contributed by atoms with Crippen LogP contribution < -0.4 is 5.73 Å². The summed E-state index contributed by atoms with van der Waals surface area (Å²) in [4.78, 5) is 2.65. The highest BCUT2D eigenvalue weighted by Gasteiger charge is 2.45. The van der Waals surface area contributed by atoms with E-state index in [2.05, 4.69) is 36.1 Å². The molecule has 1 fully saturated rings. The Bertz CT molecular complexity index is 423. The number of likely N-dealkylation sites (tertiary alicyclic amines) is 1. The van der Waals surface area contributed by atoms with E-state index in [1.54, 1.807) is 0 Å². The Morgan fingerprint density at radius 2 is 1.94 bits per heavy atom. The Morgan fingerprint density at radius 1 is 1.22 bits per heavy atom. The Morgan fingerprint density at radius 3 is 2.67 bits per heavy atom. The normalized spacial score (nSPS) is 32.4. The molecule has 1 aromatic carbocycles. The van der Waals surface area contributed by atoms with E-state index in [1.807, 2.05) is 0 Å². The van der Waals surface area contributed by atoms with Crippen LogP contribution in [0.5, 0.6) is 0 Å². The van der Waals surface area contributed by atoms with Crippen LogP contribution in [0.15, 0.2) is 24.3 Å². The first kappa shape index (κ1) is 12.2. The van der Waals surface area contributed by atoms with Crippen LogP contribution in [-0.2, 0) is 12.0 Å². The third kappa shape index (κ3) is 1.79. The highest BCUT2D eigenvalue weighted by atomic mass is 15.2. The molecule has 2 heteroatoms. The maximum atomic E-state index is 6.80. The molecule has 2 N–H and O–H groups in total. The molecule has 1 aliphatic carbocycles. The fourth-order valence-electron chi connectivity index (χ4n) is 3.83. The number of nitrogens with zero attached hydrogens (tertiary/aromatic N) is 1. The van der Waals surface area contributed by atoms with Gasteiger partial charge in [-0.25, -0.2) is 0 Å². The van der Waals surface area contributed by atoms with Gasteiger partial charge in [-0.05, 0) is 49.9 Å². The van der Waals surface area contributed by atoms with Gasteiger partial charge in [0, 0.05) is 6.04 Å².